The molecule has 0 bridgehead atoms. The van der Waals surface area contributed by atoms with E-state index in [1.54, 1.807) is 11.3 Å². The number of pyridine rings is 1. The minimum atomic E-state index is 0.350. The van der Waals surface area contributed by atoms with Gasteiger partial charge in [-0.1, -0.05) is 28.1 Å². The van der Waals surface area contributed by atoms with Crippen LogP contribution in [0.3, 0.4) is 0 Å². The van der Waals surface area contributed by atoms with Crippen molar-refractivity contribution in [3.8, 4) is 0 Å². The van der Waals surface area contributed by atoms with Crippen molar-refractivity contribution in [1.29, 1.82) is 0 Å². The summed E-state index contributed by atoms with van der Waals surface area (Å²) in [5.74, 6) is 1.05. The molecule has 2 aromatic heterocycles. The van der Waals surface area contributed by atoms with Crippen molar-refractivity contribution in [3.05, 3.63) is 46.3 Å². The molecule has 90 valence electrons. The van der Waals surface area contributed by atoms with E-state index in [0.29, 0.717) is 6.04 Å². The molecule has 0 saturated heterocycles. The van der Waals surface area contributed by atoms with Gasteiger partial charge in [-0.3, -0.25) is 0 Å². The summed E-state index contributed by atoms with van der Waals surface area (Å²) in [5.41, 5.74) is 1.22. The molecule has 1 unspecified atom stereocenters. The molecule has 0 amide bonds. The highest BCUT2D eigenvalue weighted by Gasteiger charge is 2.16. The number of aromatic nitrogens is 1. The topological polar surface area (TPSA) is 16.1 Å². The van der Waals surface area contributed by atoms with Gasteiger partial charge in [0.25, 0.3) is 0 Å². The molecule has 0 spiro atoms. The lowest BCUT2D eigenvalue weighted by Gasteiger charge is -2.26. The van der Waals surface area contributed by atoms with Gasteiger partial charge in [0.1, 0.15) is 5.82 Å². The van der Waals surface area contributed by atoms with E-state index < -0.39 is 0 Å². The predicted octanol–water partition coefficient (Wildman–Crippen LogP) is 4.24. The number of anilines is 1. The lowest BCUT2D eigenvalue weighted by molar-refractivity contribution is 0.739. The lowest BCUT2D eigenvalue weighted by atomic mass is 10.2. The first kappa shape index (κ1) is 12.6. The number of hydrogen-bond donors (Lipinski definition) is 0. The van der Waals surface area contributed by atoms with Crippen molar-refractivity contribution >= 4 is 33.1 Å². The van der Waals surface area contributed by atoms with Crippen LogP contribution in [0.4, 0.5) is 5.82 Å². The molecule has 2 nitrogen and oxygen atoms in total. The molecule has 0 fully saturated rings. The fraction of sp³-hybridized carbons (Fsp3) is 0.308. The van der Waals surface area contributed by atoms with Gasteiger partial charge in [-0.15, -0.1) is 11.3 Å². The maximum atomic E-state index is 4.48. The zero-order valence-electron chi connectivity index (χ0n) is 9.93. The highest BCUT2D eigenvalue weighted by Crippen LogP contribution is 2.29. The van der Waals surface area contributed by atoms with Gasteiger partial charge in [0.2, 0.25) is 0 Å². The maximum absolute atomic E-state index is 4.48. The van der Waals surface area contributed by atoms with Crippen LogP contribution in [-0.4, -0.2) is 12.0 Å². The first-order chi connectivity index (χ1) is 8.24. The van der Waals surface area contributed by atoms with Gasteiger partial charge in [-0.2, -0.15) is 0 Å². The van der Waals surface area contributed by atoms with Gasteiger partial charge in [0.15, 0.2) is 0 Å². The first-order valence-corrected chi connectivity index (χ1v) is 7.50. The Morgan fingerprint density at radius 3 is 2.88 bits per heavy atom. The van der Waals surface area contributed by atoms with Crippen LogP contribution >= 0.6 is 27.3 Å². The summed E-state index contributed by atoms with van der Waals surface area (Å²) in [6, 6.07) is 8.69. The molecule has 0 radical (unpaired) electrons. The van der Waals surface area contributed by atoms with E-state index in [1.165, 1.54) is 10.4 Å². The first-order valence-electron chi connectivity index (χ1n) is 5.50. The average Bonchev–Trinajstić information content (AvgIpc) is 2.90. The lowest BCUT2D eigenvalue weighted by Crippen LogP contribution is -2.23. The molecule has 2 aromatic rings. The number of hydrogen-bond acceptors (Lipinski definition) is 3. The molecule has 0 aliphatic rings. The van der Waals surface area contributed by atoms with Crippen LogP contribution in [0.5, 0.6) is 0 Å². The molecule has 0 aliphatic carbocycles. The number of halogens is 1. The maximum Gasteiger partial charge on any atom is 0.132 e. The van der Waals surface area contributed by atoms with E-state index in [4.69, 9.17) is 0 Å². The van der Waals surface area contributed by atoms with Crippen molar-refractivity contribution < 1.29 is 0 Å². The minimum absolute atomic E-state index is 0.350. The summed E-state index contributed by atoms with van der Waals surface area (Å²) in [4.78, 5) is 8.07. The van der Waals surface area contributed by atoms with E-state index in [1.807, 2.05) is 12.3 Å². The summed E-state index contributed by atoms with van der Waals surface area (Å²) in [6.45, 7) is 2.21. The Kier molecular flexibility index (Phi) is 4.18. The number of rotatable bonds is 4. The van der Waals surface area contributed by atoms with Crippen LogP contribution in [0.25, 0.3) is 0 Å². The van der Waals surface area contributed by atoms with Gasteiger partial charge < -0.3 is 4.90 Å². The molecule has 0 aliphatic heterocycles. The zero-order chi connectivity index (χ0) is 12.3. The van der Waals surface area contributed by atoms with E-state index >= 15 is 0 Å². The third-order valence-corrected chi connectivity index (χ3v) is 4.53. The van der Waals surface area contributed by atoms with Gasteiger partial charge in [0.05, 0.1) is 6.04 Å². The van der Waals surface area contributed by atoms with Gasteiger partial charge in [0, 0.05) is 29.0 Å². The quantitative estimate of drug-likeness (QED) is 0.785. The Bertz CT molecular complexity index is 470. The molecule has 0 N–H and O–H groups in total. The normalized spacial score (nSPS) is 12.4. The second kappa shape index (κ2) is 5.65. The highest BCUT2D eigenvalue weighted by molar-refractivity contribution is 9.08. The Morgan fingerprint density at radius 2 is 2.24 bits per heavy atom. The number of nitrogens with zero attached hydrogens (tertiary/aromatic N) is 2. The fourth-order valence-electron chi connectivity index (χ4n) is 1.76. The minimum Gasteiger partial charge on any atom is -0.352 e. The van der Waals surface area contributed by atoms with Crippen LogP contribution in [0.2, 0.25) is 0 Å². The van der Waals surface area contributed by atoms with E-state index in [2.05, 4.69) is 63.4 Å². The summed E-state index contributed by atoms with van der Waals surface area (Å²) in [6.07, 6.45) is 1.85. The predicted molar refractivity (Wildman–Crippen MR) is 78.0 cm³/mol. The van der Waals surface area contributed by atoms with Crippen LogP contribution in [0.1, 0.15) is 23.4 Å². The van der Waals surface area contributed by atoms with Crippen molar-refractivity contribution in [2.75, 3.05) is 11.9 Å². The molecule has 1 atom stereocenters. The van der Waals surface area contributed by atoms with E-state index in [-0.39, 0.29) is 0 Å². The van der Waals surface area contributed by atoms with Gasteiger partial charge >= 0.3 is 0 Å². The van der Waals surface area contributed by atoms with Crippen molar-refractivity contribution in [2.45, 2.75) is 18.3 Å². The van der Waals surface area contributed by atoms with Crippen molar-refractivity contribution in [3.63, 3.8) is 0 Å². The zero-order valence-corrected chi connectivity index (χ0v) is 12.3. The third kappa shape index (κ3) is 2.69. The summed E-state index contributed by atoms with van der Waals surface area (Å²) in [7, 11) is 2.10. The Balaban J connectivity index is 2.27. The van der Waals surface area contributed by atoms with Gasteiger partial charge in [-0.25, -0.2) is 4.98 Å². The van der Waals surface area contributed by atoms with E-state index in [0.717, 1.165) is 11.1 Å². The summed E-state index contributed by atoms with van der Waals surface area (Å²) >= 11 is 5.30. The third-order valence-electron chi connectivity index (χ3n) is 2.88. The highest BCUT2D eigenvalue weighted by atomic mass is 79.9. The second-order valence-corrected chi connectivity index (χ2v) is 5.46. The Labute approximate surface area is 114 Å². The Morgan fingerprint density at radius 1 is 1.41 bits per heavy atom. The molecular formula is C13H15BrN2S. The number of alkyl halides is 1. The molecule has 2 heterocycles. The number of thiophene rings is 1. The molecular weight excluding hydrogens is 296 g/mol. The second-order valence-electron chi connectivity index (χ2n) is 3.92. The van der Waals surface area contributed by atoms with Crippen LogP contribution < -0.4 is 4.90 Å². The van der Waals surface area contributed by atoms with Crippen molar-refractivity contribution in [2.24, 2.45) is 0 Å². The summed E-state index contributed by atoms with van der Waals surface area (Å²) in [5, 5.41) is 2.95. The monoisotopic (exact) mass is 310 g/mol. The van der Waals surface area contributed by atoms with Gasteiger partial charge in [-0.05, 0) is 24.4 Å². The van der Waals surface area contributed by atoms with Crippen LogP contribution in [-0.2, 0) is 5.33 Å². The molecule has 0 aromatic carbocycles. The SMILES string of the molecule is CC(c1cccs1)N(C)c1ncccc1CBr. The Hall–Kier alpha value is -0.870. The molecule has 4 heteroatoms. The standard InChI is InChI=1S/C13H15BrN2S/c1-10(12-6-4-8-17-12)16(2)13-11(9-14)5-3-7-15-13/h3-8,10H,9H2,1-2H3. The van der Waals surface area contributed by atoms with Crippen LogP contribution in [0, 0.1) is 0 Å². The summed E-state index contributed by atoms with van der Waals surface area (Å²) < 4.78 is 0. The average molecular weight is 311 g/mol. The van der Waals surface area contributed by atoms with Crippen LogP contribution in [0.15, 0.2) is 35.8 Å². The molecule has 0 saturated carbocycles. The van der Waals surface area contributed by atoms with Crippen molar-refractivity contribution in [1.82, 2.24) is 4.98 Å². The molecule has 17 heavy (non-hydrogen) atoms. The van der Waals surface area contributed by atoms with E-state index in [9.17, 15) is 0 Å². The molecule has 2 rings (SSSR count). The smallest absolute Gasteiger partial charge is 0.132 e. The largest absolute Gasteiger partial charge is 0.352 e. The fourth-order valence-corrected chi connectivity index (χ4v) is 3.02.